The summed E-state index contributed by atoms with van der Waals surface area (Å²) in [5.74, 6) is -0.966. The molecular weight excluding hydrogens is 461 g/mol. The fourth-order valence-electron chi connectivity index (χ4n) is 4.36. The van der Waals surface area contributed by atoms with E-state index in [2.05, 4.69) is 0 Å². The summed E-state index contributed by atoms with van der Waals surface area (Å²) in [6, 6.07) is 16.6. The van der Waals surface area contributed by atoms with Crippen LogP contribution in [-0.2, 0) is 16.0 Å². The molecule has 0 radical (unpaired) electrons. The van der Waals surface area contributed by atoms with Crippen molar-refractivity contribution >= 4 is 46.3 Å². The zero-order valence-corrected chi connectivity index (χ0v) is 19.2. The number of halogens is 2. The van der Waals surface area contributed by atoms with Crippen LogP contribution in [0.25, 0.3) is 5.76 Å². The van der Waals surface area contributed by atoms with E-state index in [1.54, 1.807) is 42.5 Å². The third-order valence-electron chi connectivity index (χ3n) is 5.95. The van der Waals surface area contributed by atoms with Gasteiger partial charge in [0.25, 0.3) is 11.7 Å². The first kappa shape index (κ1) is 21.6. The maximum Gasteiger partial charge on any atom is 0.300 e. The molecule has 0 spiro atoms. The second-order valence-electron chi connectivity index (χ2n) is 8.10. The van der Waals surface area contributed by atoms with E-state index in [1.165, 1.54) is 4.90 Å². The van der Waals surface area contributed by atoms with Crippen molar-refractivity contribution < 1.29 is 19.4 Å². The van der Waals surface area contributed by atoms with Gasteiger partial charge in [-0.15, -0.1) is 0 Å². The zero-order chi connectivity index (χ0) is 23.3. The van der Waals surface area contributed by atoms with E-state index in [9.17, 15) is 14.7 Å². The Hall–Kier alpha value is -3.28. The number of fused-ring (bicyclic) bond motifs is 1. The molecule has 1 unspecified atom stereocenters. The van der Waals surface area contributed by atoms with Gasteiger partial charge in [0.2, 0.25) is 0 Å². The van der Waals surface area contributed by atoms with E-state index in [-0.39, 0.29) is 11.3 Å². The number of anilines is 1. The first-order valence-electron chi connectivity index (χ1n) is 10.4. The van der Waals surface area contributed by atoms with Gasteiger partial charge in [-0.25, -0.2) is 0 Å². The Bertz CT molecular complexity index is 1350. The van der Waals surface area contributed by atoms with Crippen LogP contribution in [0.4, 0.5) is 5.69 Å². The smallest absolute Gasteiger partial charge is 0.300 e. The van der Waals surface area contributed by atoms with Crippen LogP contribution in [0.5, 0.6) is 5.75 Å². The maximum atomic E-state index is 13.3. The van der Waals surface area contributed by atoms with Gasteiger partial charge in [0.05, 0.1) is 28.3 Å². The van der Waals surface area contributed by atoms with Crippen molar-refractivity contribution in [1.82, 2.24) is 0 Å². The van der Waals surface area contributed by atoms with E-state index in [0.29, 0.717) is 39.9 Å². The van der Waals surface area contributed by atoms with E-state index in [1.807, 2.05) is 25.1 Å². The Morgan fingerprint density at radius 3 is 2.61 bits per heavy atom. The molecule has 1 amide bonds. The first-order valence-corrected chi connectivity index (χ1v) is 11.2. The van der Waals surface area contributed by atoms with Crippen LogP contribution in [0, 0.1) is 6.92 Å². The Morgan fingerprint density at radius 2 is 1.85 bits per heavy atom. The standard InChI is InChI=1S/C26H19Cl2NO4/c1-14-3-2-4-18(11-14)29-23(16-5-7-19(27)20(28)13-16)22(25(31)26(29)32)24(30)17-6-8-21-15(12-17)9-10-33-21/h2-8,11-13,23,30H,9-10H2,1H3/b24-22-. The van der Waals surface area contributed by atoms with Crippen LogP contribution < -0.4 is 9.64 Å². The molecule has 0 aromatic heterocycles. The lowest BCUT2D eigenvalue weighted by molar-refractivity contribution is -0.132. The summed E-state index contributed by atoms with van der Waals surface area (Å²) in [4.78, 5) is 27.9. The SMILES string of the molecule is Cc1cccc(N2C(=O)C(=O)/C(=C(\O)c3ccc4c(c3)CCO4)C2c2ccc(Cl)c(Cl)c2)c1. The summed E-state index contributed by atoms with van der Waals surface area (Å²) < 4.78 is 5.54. The maximum absolute atomic E-state index is 13.3. The summed E-state index contributed by atoms with van der Waals surface area (Å²) in [5.41, 5.74) is 3.44. The zero-order valence-electron chi connectivity index (χ0n) is 17.6. The van der Waals surface area contributed by atoms with Gasteiger partial charge >= 0.3 is 0 Å². The lowest BCUT2D eigenvalue weighted by Gasteiger charge is -2.26. The van der Waals surface area contributed by atoms with Crippen molar-refractivity contribution in [1.29, 1.82) is 0 Å². The minimum absolute atomic E-state index is 0.00115. The number of carbonyl (C=O) groups excluding carboxylic acids is 2. The molecule has 1 fully saturated rings. The van der Waals surface area contributed by atoms with Gasteiger partial charge in [0, 0.05) is 17.7 Å². The summed E-state index contributed by atoms with van der Waals surface area (Å²) in [6.07, 6.45) is 0.713. The lowest BCUT2D eigenvalue weighted by atomic mass is 9.94. The summed E-state index contributed by atoms with van der Waals surface area (Å²) in [5, 5.41) is 11.9. The van der Waals surface area contributed by atoms with Gasteiger partial charge < -0.3 is 9.84 Å². The Balaban J connectivity index is 1.73. The number of amides is 1. The normalized spacial score (nSPS) is 19.0. The molecule has 3 aromatic rings. The number of rotatable bonds is 3. The van der Waals surface area contributed by atoms with Gasteiger partial charge in [0.1, 0.15) is 11.5 Å². The molecule has 0 bridgehead atoms. The predicted octanol–water partition coefficient (Wildman–Crippen LogP) is 5.86. The van der Waals surface area contributed by atoms with Crippen molar-refractivity contribution in [3.8, 4) is 5.75 Å². The molecule has 3 aromatic carbocycles. The van der Waals surface area contributed by atoms with E-state index < -0.39 is 17.7 Å². The monoisotopic (exact) mass is 479 g/mol. The molecule has 1 atom stereocenters. The largest absolute Gasteiger partial charge is 0.507 e. The predicted molar refractivity (Wildman–Crippen MR) is 128 cm³/mol. The molecule has 2 aliphatic rings. The second kappa shape index (κ2) is 8.25. The Kier molecular flexibility index (Phi) is 5.39. The van der Waals surface area contributed by atoms with Crippen LogP contribution in [0.2, 0.25) is 10.0 Å². The van der Waals surface area contributed by atoms with Crippen molar-refractivity contribution in [2.75, 3.05) is 11.5 Å². The van der Waals surface area contributed by atoms with Crippen molar-refractivity contribution in [3.05, 3.63) is 98.5 Å². The third kappa shape index (κ3) is 3.67. The molecule has 5 rings (SSSR count). The van der Waals surface area contributed by atoms with Gasteiger partial charge in [-0.3, -0.25) is 14.5 Å². The molecular formula is C26H19Cl2NO4. The minimum atomic E-state index is -0.869. The quantitative estimate of drug-likeness (QED) is 0.290. The number of hydrogen-bond acceptors (Lipinski definition) is 4. The second-order valence-corrected chi connectivity index (χ2v) is 8.92. The number of hydrogen-bond donors (Lipinski definition) is 1. The van der Waals surface area contributed by atoms with Gasteiger partial charge in [-0.05, 0) is 66.1 Å². The van der Waals surface area contributed by atoms with Crippen LogP contribution in [0.3, 0.4) is 0 Å². The highest BCUT2D eigenvalue weighted by molar-refractivity contribution is 6.51. The molecule has 1 saturated heterocycles. The van der Waals surface area contributed by atoms with Crippen LogP contribution in [0.15, 0.2) is 66.2 Å². The number of ether oxygens (including phenoxy) is 1. The summed E-state index contributed by atoms with van der Waals surface area (Å²) in [6.45, 7) is 2.47. The number of nitrogens with zero attached hydrogens (tertiary/aromatic N) is 1. The summed E-state index contributed by atoms with van der Waals surface area (Å²) in [7, 11) is 0. The molecule has 0 aliphatic carbocycles. The number of aryl methyl sites for hydroxylation is 1. The number of aliphatic hydroxyl groups is 1. The van der Waals surface area contributed by atoms with Crippen LogP contribution in [0.1, 0.15) is 28.3 Å². The number of Topliss-reactive ketones (excluding diaryl/α,β-unsaturated/α-hetero) is 1. The van der Waals surface area contributed by atoms with Gasteiger partial charge in [-0.2, -0.15) is 0 Å². The molecule has 33 heavy (non-hydrogen) atoms. The average molecular weight is 480 g/mol. The molecule has 1 N–H and O–H groups in total. The molecule has 2 heterocycles. The molecule has 7 heteroatoms. The van der Waals surface area contributed by atoms with Gasteiger partial charge in [-0.1, -0.05) is 41.4 Å². The first-order chi connectivity index (χ1) is 15.8. The average Bonchev–Trinajstić information content (AvgIpc) is 3.37. The number of carbonyl (C=O) groups is 2. The third-order valence-corrected chi connectivity index (χ3v) is 6.69. The topological polar surface area (TPSA) is 66.8 Å². The fraction of sp³-hybridized carbons (Fsp3) is 0.154. The molecule has 5 nitrogen and oxygen atoms in total. The lowest BCUT2D eigenvalue weighted by Crippen LogP contribution is -2.29. The van der Waals surface area contributed by atoms with E-state index in [4.69, 9.17) is 27.9 Å². The molecule has 0 saturated carbocycles. The highest BCUT2D eigenvalue weighted by atomic mass is 35.5. The highest BCUT2D eigenvalue weighted by Crippen LogP contribution is 2.44. The van der Waals surface area contributed by atoms with E-state index in [0.717, 1.165) is 16.9 Å². The number of aliphatic hydroxyl groups excluding tert-OH is 1. The number of ketones is 1. The fourth-order valence-corrected chi connectivity index (χ4v) is 4.67. The van der Waals surface area contributed by atoms with Crippen molar-refractivity contribution in [3.63, 3.8) is 0 Å². The Morgan fingerprint density at radius 1 is 1.03 bits per heavy atom. The van der Waals surface area contributed by atoms with Crippen LogP contribution in [-0.4, -0.2) is 23.4 Å². The highest BCUT2D eigenvalue weighted by Gasteiger charge is 2.47. The minimum Gasteiger partial charge on any atom is -0.507 e. The van der Waals surface area contributed by atoms with E-state index >= 15 is 0 Å². The Labute approximate surface area is 200 Å². The summed E-state index contributed by atoms with van der Waals surface area (Å²) >= 11 is 12.4. The number of benzene rings is 3. The van der Waals surface area contributed by atoms with Gasteiger partial charge in [0.15, 0.2) is 0 Å². The molecule has 2 aliphatic heterocycles. The van der Waals surface area contributed by atoms with Crippen molar-refractivity contribution in [2.45, 2.75) is 19.4 Å². The van der Waals surface area contributed by atoms with Crippen molar-refractivity contribution in [2.24, 2.45) is 0 Å². The molecule has 166 valence electrons. The van der Waals surface area contributed by atoms with Crippen LogP contribution >= 0.6 is 23.2 Å².